The molecule has 3 heteroatoms. The lowest BCUT2D eigenvalue weighted by Crippen LogP contribution is -2.47. The van der Waals surface area contributed by atoms with Crippen LogP contribution in [0.15, 0.2) is 0 Å². The molecular weight excluding hydrogens is 152 g/mol. The fourth-order valence-electron chi connectivity index (χ4n) is 1.37. The Morgan fingerprint density at radius 2 is 1.92 bits per heavy atom. The van der Waals surface area contributed by atoms with E-state index < -0.39 is 0 Å². The van der Waals surface area contributed by atoms with Crippen molar-refractivity contribution in [1.82, 2.24) is 10.2 Å². The van der Waals surface area contributed by atoms with Crippen LogP contribution in [0.5, 0.6) is 0 Å². The molecule has 1 rings (SSSR count). The molecule has 0 bridgehead atoms. The van der Waals surface area contributed by atoms with E-state index in [1.165, 1.54) is 0 Å². The van der Waals surface area contributed by atoms with Crippen molar-refractivity contribution in [1.29, 1.82) is 0 Å². The molecule has 1 fully saturated rings. The van der Waals surface area contributed by atoms with Gasteiger partial charge in [0.1, 0.15) is 0 Å². The zero-order valence-electron chi connectivity index (χ0n) is 8.08. The Bertz CT molecular complexity index is 122. The number of nitrogens with zero attached hydrogens (tertiary/aromatic N) is 1. The zero-order chi connectivity index (χ0) is 8.97. The van der Waals surface area contributed by atoms with Gasteiger partial charge in [0.15, 0.2) is 0 Å². The van der Waals surface area contributed by atoms with Crippen molar-refractivity contribution in [2.75, 3.05) is 32.7 Å². The van der Waals surface area contributed by atoms with Crippen molar-refractivity contribution in [3.05, 3.63) is 0 Å². The second-order valence-corrected chi connectivity index (χ2v) is 3.86. The van der Waals surface area contributed by atoms with E-state index in [9.17, 15) is 5.11 Å². The molecule has 1 saturated heterocycles. The van der Waals surface area contributed by atoms with Crippen LogP contribution >= 0.6 is 0 Å². The lowest BCUT2D eigenvalue weighted by Gasteiger charge is -2.30. The Labute approximate surface area is 74.8 Å². The number of rotatable bonds is 3. The van der Waals surface area contributed by atoms with Crippen LogP contribution in [0.4, 0.5) is 0 Å². The molecule has 0 aromatic heterocycles. The first-order valence-corrected chi connectivity index (χ1v) is 4.81. The van der Waals surface area contributed by atoms with E-state index in [0.29, 0.717) is 5.92 Å². The van der Waals surface area contributed by atoms with Crippen LogP contribution in [0.2, 0.25) is 0 Å². The second-order valence-electron chi connectivity index (χ2n) is 3.86. The predicted octanol–water partition coefficient (Wildman–Crippen LogP) is -0.0915. The number of aliphatic hydroxyl groups excluding tert-OH is 1. The van der Waals surface area contributed by atoms with Crippen molar-refractivity contribution in [2.24, 2.45) is 5.92 Å². The van der Waals surface area contributed by atoms with Gasteiger partial charge in [-0.15, -0.1) is 0 Å². The standard InChI is InChI=1S/C9H20N2O/c1-8(2)9(12)7-11-5-3-10-4-6-11/h8-10,12H,3-7H2,1-2H3. The molecule has 12 heavy (non-hydrogen) atoms. The second kappa shape index (κ2) is 4.80. The summed E-state index contributed by atoms with van der Waals surface area (Å²) in [7, 11) is 0. The molecule has 0 spiro atoms. The Balaban J connectivity index is 2.20. The van der Waals surface area contributed by atoms with E-state index in [0.717, 1.165) is 32.7 Å². The SMILES string of the molecule is CC(C)C(O)CN1CCNCC1. The molecule has 0 amide bonds. The van der Waals surface area contributed by atoms with Gasteiger partial charge in [0.25, 0.3) is 0 Å². The highest BCUT2D eigenvalue weighted by Gasteiger charge is 2.15. The van der Waals surface area contributed by atoms with Crippen LogP contribution < -0.4 is 5.32 Å². The lowest BCUT2D eigenvalue weighted by molar-refractivity contribution is 0.0713. The minimum Gasteiger partial charge on any atom is -0.392 e. The third kappa shape index (κ3) is 3.09. The van der Waals surface area contributed by atoms with Crippen LogP contribution in [0, 0.1) is 5.92 Å². The number of β-amino-alcohol motifs (C(OH)–C–C–N with tert-alkyl or cyclic N) is 1. The third-order valence-corrected chi connectivity index (χ3v) is 2.42. The van der Waals surface area contributed by atoms with Crippen LogP contribution in [-0.4, -0.2) is 48.8 Å². The number of hydrogen-bond acceptors (Lipinski definition) is 3. The summed E-state index contributed by atoms with van der Waals surface area (Å²) >= 11 is 0. The highest BCUT2D eigenvalue weighted by Crippen LogP contribution is 2.04. The van der Waals surface area contributed by atoms with Gasteiger partial charge in [-0.3, -0.25) is 4.90 Å². The smallest absolute Gasteiger partial charge is 0.0689 e. The van der Waals surface area contributed by atoms with E-state index >= 15 is 0 Å². The van der Waals surface area contributed by atoms with E-state index in [4.69, 9.17) is 0 Å². The van der Waals surface area contributed by atoms with Crippen LogP contribution in [-0.2, 0) is 0 Å². The van der Waals surface area contributed by atoms with Crippen molar-refractivity contribution >= 4 is 0 Å². The average Bonchev–Trinajstić information content (AvgIpc) is 2.06. The molecule has 1 atom stereocenters. The molecule has 1 unspecified atom stereocenters. The Morgan fingerprint density at radius 1 is 1.33 bits per heavy atom. The van der Waals surface area contributed by atoms with Gasteiger partial charge in [-0.25, -0.2) is 0 Å². The maximum absolute atomic E-state index is 9.62. The highest BCUT2D eigenvalue weighted by atomic mass is 16.3. The Hall–Kier alpha value is -0.120. The fourth-order valence-corrected chi connectivity index (χ4v) is 1.37. The van der Waals surface area contributed by atoms with Gasteiger partial charge in [-0.1, -0.05) is 13.8 Å². The first kappa shape index (κ1) is 9.96. The summed E-state index contributed by atoms with van der Waals surface area (Å²) in [6.45, 7) is 9.22. The molecule has 1 aliphatic heterocycles. The first-order valence-electron chi connectivity index (χ1n) is 4.81. The van der Waals surface area contributed by atoms with Gasteiger partial charge in [0, 0.05) is 32.7 Å². The molecular formula is C9H20N2O. The van der Waals surface area contributed by atoms with E-state index in [2.05, 4.69) is 24.1 Å². The summed E-state index contributed by atoms with van der Waals surface area (Å²) in [6.07, 6.45) is -0.164. The minimum atomic E-state index is -0.164. The highest BCUT2D eigenvalue weighted by molar-refractivity contribution is 4.72. The molecule has 0 aliphatic carbocycles. The van der Waals surface area contributed by atoms with Crippen LogP contribution in [0.25, 0.3) is 0 Å². The summed E-state index contributed by atoms with van der Waals surface area (Å²) in [5.74, 6) is 0.375. The number of hydrogen-bond donors (Lipinski definition) is 2. The summed E-state index contributed by atoms with van der Waals surface area (Å²) in [5.41, 5.74) is 0. The zero-order valence-corrected chi connectivity index (χ0v) is 8.08. The lowest BCUT2D eigenvalue weighted by atomic mass is 10.1. The van der Waals surface area contributed by atoms with Gasteiger partial charge in [0.05, 0.1) is 6.10 Å². The molecule has 2 N–H and O–H groups in total. The topological polar surface area (TPSA) is 35.5 Å². The van der Waals surface area contributed by atoms with Gasteiger partial charge in [-0.2, -0.15) is 0 Å². The average molecular weight is 172 g/mol. The van der Waals surface area contributed by atoms with Crippen molar-refractivity contribution in [2.45, 2.75) is 20.0 Å². The predicted molar refractivity (Wildman–Crippen MR) is 50.2 cm³/mol. The maximum atomic E-state index is 9.62. The molecule has 0 aromatic carbocycles. The summed E-state index contributed by atoms with van der Waals surface area (Å²) in [5, 5.41) is 12.9. The molecule has 0 saturated carbocycles. The van der Waals surface area contributed by atoms with Crippen LogP contribution in [0.3, 0.4) is 0 Å². The molecule has 0 aromatic rings. The quantitative estimate of drug-likeness (QED) is 0.624. The summed E-state index contributed by atoms with van der Waals surface area (Å²) in [4.78, 5) is 2.32. The first-order chi connectivity index (χ1) is 5.70. The third-order valence-electron chi connectivity index (χ3n) is 2.42. The van der Waals surface area contributed by atoms with Gasteiger partial charge in [-0.05, 0) is 5.92 Å². The molecule has 0 radical (unpaired) electrons. The van der Waals surface area contributed by atoms with Gasteiger partial charge in [0.2, 0.25) is 0 Å². The van der Waals surface area contributed by atoms with Crippen molar-refractivity contribution in [3.63, 3.8) is 0 Å². The normalized spacial score (nSPS) is 23.0. The molecule has 1 aliphatic rings. The van der Waals surface area contributed by atoms with Crippen molar-refractivity contribution < 1.29 is 5.11 Å². The number of piperazine rings is 1. The fraction of sp³-hybridized carbons (Fsp3) is 1.00. The van der Waals surface area contributed by atoms with E-state index in [1.807, 2.05) is 0 Å². The van der Waals surface area contributed by atoms with Gasteiger partial charge < -0.3 is 10.4 Å². The molecule has 1 heterocycles. The number of aliphatic hydroxyl groups is 1. The summed E-state index contributed by atoms with van der Waals surface area (Å²) < 4.78 is 0. The minimum absolute atomic E-state index is 0.164. The van der Waals surface area contributed by atoms with Crippen LogP contribution in [0.1, 0.15) is 13.8 Å². The monoisotopic (exact) mass is 172 g/mol. The van der Waals surface area contributed by atoms with E-state index in [-0.39, 0.29) is 6.10 Å². The Kier molecular flexibility index (Phi) is 3.98. The Morgan fingerprint density at radius 3 is 2.42 bits per heavy atom. The number of nitrogens with one attached hydrogen (secondary N) is 1. The van der Waals surface area contributed by atoms with E-state index in [1.54, 1.807) is 0 Å². The van der Waals surface area contributed by atoms with Gasteiger partial charge >= 0.3 is 0 Å². The summed E-state index contributed by atoms with van der Waals surface area (Å²) in [6, 6.07) is 0. The molecule has 3 nitrogen and oxygen atoms in total. The maximum Gasteiger partial charge on any atom is 0.0689 e. The van der Waals surface area contributed by atoms with Crippen molar-refractivity contribution in [3.8, 4) is 0 Å². The molecule has 72 valence electrons. The largest absolute Gasteiger partial charge is 0.392 e.